The van der Waals surface area contributed by atoms with E-state index in [0.717, 1.165) is 5.56 Å². The van der Waals surface area contributed by atoms with Gasteiger partial charge >= 0.3 is 0 Å². The van der Waals surface area contributed by atoms with E-state index in [1.807, 2.05) is 13.0 Å². The molecule has 1 aromatic rings. The Balaban J connectivity index is 3.25. The van der Waals surface area contributed by atoms with Crippen LogP contribution in [-0.4, -0.2) is 27.7 Å². The van der Waals surface area contributed by atoms with Crippen LogP contribution in [0.1, 0.15) is 12.5 Å². The van der Waals surface area contributed by atoms with Gasteiger partial charge in [-0.25, -0.2) is 8.42 Å². The Morgan fingerprint density at radius 3 is 2.50 bits per heavy atom. The number of nitrogens with zero attached hydrogens (tertiary/aromatic N) is 1. The van der Waals surface area contributed by atoms with Crippen LogP contribution in [-0.2, 0) is 14.8 Å². The Labute approximate surface area is 135 Å². The number of sulfonamides is 1. The van der Waals surface area contributed by atoms with Crippen molar-refractivity contribution in [1.82, 2.24) is 4.72 Å². The molecule has 1 aromatic carbocycles. The van der Waals surface area contributed by atoms with Crippen LogP contribution in [0.15, 0.2) is 26.0 Å². The van der Waals surface area contributed by atoms with Gasteiger partial charge in [0.25, 0.3) is 0 Å². The highest BCUT2D eigenvalue weighted by molar-refractivity contribution is 9.11. The van der Waals surface area contributed by atoms with Gasteiger partial charge in [-0.05, 0) is 47.5 Å². The second-order valence-electron chi connectivity index (χ2n) is 4.51. The van der Waals surface area contributed by atoms with E-state index in [0.29, 0.717) is 8.95 Å². The van der Waals surface area contributed by atoms with E-state index < -0.39 is 15.6 Å². The number of nitrogens with one attached hydrogen (secondary N) is 1. The number of hydrogen-bond donors (Lipinski definition) is 1. The number of halogens is 2. The van der Waals surface area contributed by atoms with Crippen molar-refractivity contribution in [1.29, 1.82) is 5.26 Å². The fraction of sp³-hybridized carbons (Fsp3) is 0.417. The molecule has 1 N–H and O–H groups in total. The molecule has 0 radical (unpaired) electrons. The van der Waals surface area contributed by atoms with Gasteiger partial charge in [-0.3, -0.25) is 0 Å². The first-order chi connectivity index (χ1) is 9.15. The maximum absolute atomic E-state index is 12.4. The Morgan fingerprint density at radius 2 is 2.00 bits per heavy atom. The summed E-state index contributed by atoms with van der Waals surface area (Å²) in [4.78, 5) is 0.0625. The van der Waals surface area contributed by atoms with Gasteiger partial charge in [0.05, 0.1) is 17.6 Å². The van der Waals surface area contributed by atoms with Crippen molar-refractivity contribution in [3.63, 3.8) is 0 Å². The first-order valence-electron chi connectivity index (χ1n) is 5.55. The predicted octanol–water partition coefficient (Wildman–Crippen LogP) is 2.73. The van der Waals surface area contributed by atoms with Gasteiger partial charge in [-0.2, -0.15) is 9.98 Å². The molecule has 0 saturated carbocycles. The van der Waals surface area contributed by atoms with Gasteiger partial charge in [-0.15, -0.1) is 0 Å². The number of methoxy groups -OCH3 is 1. The van der Waals surface area contributed by atoms with Crippen molar-refractivity contribution in [2.24, 2.45) is 0 Å². The number of rotatable bonds is 5. The molecule has 0 aromatic heterocycles. The van der Waals surface area contributed by atoms with Crippen LogP contribution in [0.5, 0.6) is 0 Å². The number of ether oxygens (including phenoxy) is 1. The van der Waals surface area contributed by atoms with E-state index >= 15 is 0 Å². The van der Waals surface area contributed by atoms with E-state index in [4.69, 9.17) is 10.00 Å². The molecular formula is C12H14Br2N2O3S. The molecule has 0 bridgehead atoms. The number of benzene rings is 1. The first-order valence-corrected chi connectivity index (χ1v) is 8.62. The minimum atomic E-state index is -3.85. The molecule has 110 valence electrons. The highest BCUT2D eigenvalue weighted by Crippen LogP contribution is 2.29. The zero-order valence-electron chi connectivity index (χ0n) is 11.2. The lowest BCUT2D eigenvalue weighted by Gasteiger charge is -2.22. The second kappa shape index (κ2) is 6.54. The predicted molar refractivity (Wildman–Crippen MR) is 82.8 cm³/mol. The summed E-state index contributed by atoms with van der Waals surface area (Å²) in [6.45, 7) is 3.27. The quantitative estimate of drug-likeness (QED) is 0.786. The lowest BCUT2D eigenvalue weighted by Crippen LogP contribution is -2.48. The number of aryl methyl sites for hydroxylation is 1. The van der Waals surface area contributed by atoms with Crippen molar-refractivity contribution in [3.8, 4) is 6.07 Å². The summed E-state index contributed by atoms with van der Waals surface area (Å²) in [6, 6.07) is 5.09. The smallest absolute Gasteiger partial charge is 0.243 e. The van der Waals surface area contributed by atoms with Gasteiger partial charge in [-0.1, -0.05) is 15.9 Å². The molecule has 0 aliphatic carbocycles. The van der Waals surface area contributed by atoms with Gasteiger partial charge in [0.15, 0.2) is 0 Å². The third kappa shape index (κ3) is 4.02. The zero-order valence-corrected chi connectivity index (χ0v) is 15.2. The third-order valence-electron chi connectivity index (χ3n) is 2.54. The van der Waals surface area contributed by atoms with Crippen molar-refractivity contribution < 1.29 is 13.2 Å². The number of hydrogen-bond acceptors (Lipinski definition) is 4. The van der Waals surface area contributed by atoms with Crippen LogP contribution in [0.2, 0.25) is 0 Å². The first kappa shape index (κ1) is 17.6. The number of nitriles is 1. The molecule has 0 aliphatic rings. The Kier molecular flexibility index (Phi) is 5.75. The maximum Gasteiger partial charge on any atom is 0.243 e. The standard InChI is InChI=1S/C12H14Br2N2O3S/c1-8-4-10(14)11(5-9(8)13)20(17,18)16-12(2,6-15)7-19-3/h4-5,16H,7H2,1-3H3. The Hall–Kier alpha value is -0.460. The second-order valence-corrected chi connectivity index (χ2v) is 7.87. The van der Waals surface area contributed by atoms with Gasteiger partial charge in [0.1, 0.15) is 5.54 Å². The molecule has 20 heavy (non-hydrogen) atoms. The summed E-state index contributed by atoms with van der Waals surface area (Å²) < 4.78 is 33.1. The topological polar surface area (TPSA) is 79.2 Å². The monoisotopic (exact) mass is 424 g/mol. The van der Waals surface area contributed by atoms with Gasteiger partial charge in [0.2, 0.25) is 10.0 Å². The average Bonchev–Trinajstić information content (AvgIpc) is 2.33. The molecule has 5 nitrogen and oxygen atoms in total. The maximum atomic E-state index is 12.4. The minimum Gasteiger partial charge on any atom is -0.382 e. The highest BCUT2D eigenvalue weighted by atomic mass is 79.9. The van der Waals surface area contributed by atoms with Crippen LogP contribution in [0.4, 0.5) is 0 Å². The Morgan fingerprint density at radius 1 is 1.40 bits per heavy atom. The summed E-state index contributed by atoms with van der Waals surface area (Å²) in [5.41, 5.74) is -0.430. The lowest BCUT2D eigenvalue weighted by molar-refractivity contribution is 0.156. The molecular weight excluding hydrogens is 412 g/mol. The van der Waals surface area contributed by atoms with E-state index in [-0.39, 0.29) is 11.5 Å². The summed E-state index contributed by atoms with van der Waals surface area (Å²) in [7, 11) is -2.45. The molecule has 0 amide bonds. The van der Waals surface area contributed by atoms with Crippen LogP contribution in [0.3, 0.4) is 0 Å². The third-order valence-corrected chi connectivity index (χ3v) is 5.95. The summed E-state index contributed by atoms with van der Waals surface area (Å²) in [6.07, 6.45) is 0. The molecule has 0 heterocycles. The SMILES string of the molecule is COCC(C)(C#N)NS(=O)(=O)c1cc(Br)c(C)cc1Br. The largest absolute Gasteiger partial charge is 0.382 e. The lowest BCUT2D eigenvalue weighted by atomic mass is 10.1. The van der Waals surface area contributed by atoms with Crippen molar-refractivity contribution in [2.75, 3.05) is 13.7 Å². The minimum absolute atomic E-state index is 0.0482. The van der Waals surface area contributed by atoms with Gasteiger partial charge in [0, 0.05) is 16.1 Å². The van der Waals surface area contributed by atoms with E-state index in [1.165, 1.54) is 20.1 Å². The molecule has 1 unspecified atom stereocenters. The summed E-state index contributed by atoms with van der Waals surface area (Å²) in [5, 5.41) is 9.12. The van der Waals surface area contributed by atoms with Crippen LogP contribution < -0.4 is 4.72 Å². The summed E-state index contributed by atoms with van der Waals surface area (Å²) >= 11 is 6.53. The van der Waals surface area contributed by atoms with Crippen molar-refractivity contribution in [3.05, 3.63) is 26.6 Å². The molecule has 1 rings (SSSR count). The zero-order chi connectivity index (χ0) is 15.6. The summed E-state index contributed by atoms with van der Waals surface area (Å²) in [5.74, 6) is 0. The van der Waals surface area contributed by atoms with Gasteiger partial charge < -0.3 is 4.74 Å². The van der Waals surface area contributed by atoms with Crippen LogP contribution in [0, 0.1) is 18.3 Å². The average molecular weight is 426 g/mol. The van der Waals surface area contributed by atoms with Crippen LogP contribution >= 0.6 is 31.9 Å². The van der Waals surface area contributed by atoms with Crippen molar-refractivity contribution >= 4 is 41.9 Å². The van der Waals surface area contributed by atoms with Crippen LogP contribution in [0.25, 0.3) is 0 Å². The fourth-order valence-corrected chi connectivity index (χ4v) is 4.55. The van der Waals surface area contributed by atoms with E-state index in [1.54, 1.807) is 6.07 Å². The molecule has 1 atom stereocenters. The fourth-order valence-electron chi connectivity index (χ4n) is 1.56. The molecule has 8 heteroatoms. The Bertz CT molecular complexity index is 655. The normalized spacial score (nSPS) is 14.6. The van der Waals surface area contributed by atoms with E-state index in [9.17, 15) is 8.42 Å². The molecule has 0 saturated heterocycles. The van der Waals surface area contributed by atoms with E-state index in [2.05, 4.69) is 36.6 Å². The van der Waals surface area contributed by atoms with Crippen molar-refractivity contribution in [2.45, 2.75) is 24.3 Å². The molecule has 0 fully saturated rings. The highest BCUT2D eigenvalue weighted by Gasteiger charge is 2.32. The molecule has 0 aliphatic heterocycles. The molecule has 0 spiro atoms.